The maximum Gasteiger partial charge on any atom is 0.309 e. The van der Waals surface area contributed by atoms with Gasteiger partial charge in [0.15, 0.2) is 6.10 Å². The number of methoxy groups -OCH3 is 1. The van der Waals surface area contributed by atoms with E-state index in [0.717, 1.165) is 69.8 Å². The van der Waals surface area contributed by atoms with Crippen LogP contribution in [-0.4, -0.2) is 77.7 Å². The molecule has 1 aliphatic rings. The number of ketones is 1. The molecule has 296 valence electrons. The van der Waals surface area contributed by atoms with Gasteiger partial charge in [-0.1, -0.05) is 104 Å². The van der Waals surface area contributed by atoms with E-state index in [4.69, 9.17) is 9.47 Å². The highest BCUT2D eigenvalue weighted by Gasteiger charge is 2.27. The Labute approximate surface area is 310 Å². The van der Waals surface area contributed by atoms with Gasteiger partial charge in [-0.15, -0.1) is 0 Å². The second-order valence-corrected chi connectivity index (χ2v) is 15.2. The number of cyclic esters (lactones) is 1. The molecule has 1 heterocycles. The second kappa shape index (κ2) is 29.4. The maximum atomic E-state index is 13.3. The van der Waals surface area contributed by atoms with Gasteiger partial charge in [0.05, 0.1) is 30.8 Å². The summed E-state index contributed by atoms with van der Waals surface area (Å²) >= 11 is 0. The molecule has 0 fully saturated rings. The Hall–Kier alpha value is -2.07. The first kappa shape index (κ1) is 47.0. The lowest BCUT2D eigenvalue weighted by molar-refractivity contribution is -0.160. The van der Waals surface area contributed by atoms with E-state index in [2.05, 4.69) is 32.2 Å². The zero-order valence-electron chi connectivity index (χ0n) is 32.9. The van der Waals surface area contributed by atoms with Crippen molar-refractivity contribution < 1.29 is 39.2 Å². The molecular formula is C42H75NO8. The molecule has 0 saturated heterocycles. The molecule has 0 aromatic carbocycles. The molecular weight excluding hydrogens is 646 g/mol. The number of unbranched alkanes of at least 4 members (excludes halogenated alkanes) is 7. The van der Waals surface area contributed by atoms with Crippen LogP contribution in [0.2, 0.25) is 0 Å². The summed E-state index contributed by atoms with van der Waals surface area (Å²) in [5.41, 5.74) is 0.978. The van der Waals surface area contributed by atoms with Crippen LogP contribution < -0.4 is 5.32 Å². The van der Waals surface area contributed by atoms with E-state index in [0.29, 0.717) is 50.4 Å². The van der Waals surface area contributed by atoms with Crippen LogP contribution in [0.4, 0.5) is 0 Å². The molecule has 9 heteroatoms. The monoisotopic (exact) mass is 722 g/mol. The van der Waals surface area contributed by atoms with Gasteiger partial charge in [0, 0.05) is 32.9 Å². The Morgan fingerprint density at radius 2 is 1.51 bits per heavy atom. The van der Waals surface area contributed by atoms with Crippen molar-refractivity contribution in [1.82, 2.24) is 5.32 Å². The van der Waals surface area contributed by atoms with Gasteiger partial charge in [-0.25, -0.2) is 0 Å². The van der Waals surface area contributed by atoms with Gasteiger partial charge in [0.1, 0.15) is 5.78 Å². The Balaban J connectivity index is 2.97. The highest BCUT2D eigenvalue weighted by Crippen LogP contribution is 2.22. The van der Waals surface area contributed by atoms with E-state index < -0.39 is 36.3 Å². The van der Waals surface area contributed by atoms with Gasteiger partial charge in [0.25, 0.3) is 5.91 Å². The van der Waals surface area contributed by atoms with Crippen LogP contribution >= 0.6 is 0 Å². The van der Waals surface area contributed by atoms with Gasteiger partial charge in [-0.3, -0.25) is 14.4 Å². The molecule has 1 amide bonds. The molecule has 0 aromatic rings. The quantitative estimate of drug-likeness (QED) is 0.118. The topological polar surface area (TPSA) is 142 Å². The summed E-state index contributed by atoms with van der Waals surface area (Å²) in [6.45, 7) is 8.58. The standard InChI is InChI=1S/C42H75NO8/c1-6-8-9-10-11-12-13-14-25-40-41(48)43-30-37(45)29-39(47)38(46)27-26-35(31-50-5)22-17-20-34(7-2)21-18-24-36(44)23-16-15-19-32(3)28-33(4)42(49)51-40/h17,20,22,32-34,37-40,45-47H,6-16,18-19,21,23-31H2,1-5H3,(H,43,48)/b20-17+,35-22-/t32-,33+,34+,37+,38-,39+,40-/m1/s1. The molecule has 4 N–H and O–H groups in total. The van der Waals surface area contributed by atoms with Gasteiger partial charge in [-0.2, -0.15) is 0 Å². The Bertz CT molecular complexity index is 997. The van der Waals surface area contributed by atoms with Gasteiger partial charge in [0.2, 0.25) is 0 Å². The fourth-order valence-corrected chi connectivity index (χ4v) is 6.83. The third-order valence-corrected chi connectivity index (χ3v) is 10.3. The smallest absolute Gasteiger partial charge is 0.309 e. The highest BCUT2D eigenvalue weighted by atomic mass is 16.5. The Morgan fingerprint density at radius 3 is 2.20 bits per heavy atom. The van der Waals surface area contributed by atoms with Crippen LogP contribution in [-0.2, 0) is 23.9 Å². The van der Waals surface area contributed by atoms with Crippen molar-refractivity contribution in [2.45, 2.75) is 187 Å². The number of β-amino-alcohol motifs (C(OH)–C–C–N with tert-alkyl or cyclic N) is 1. The normalized spacial score (nSPS) is 29.9. The fourth-order valence-electron chi connectivity index (χ4n) is 6.83. The number of nitrogens with one attached hydrogen (secondary N) is 1. The minimum absolute atomic E-state index is 0.108. The van der Waals surface area contributed by atoms with Crippen molar-refractivity contribution in [3.8, 4) is 0 Å². The van der Waals surface area contributed by atoms with E-state index >= 15 is 0 Å². The zero-order chi connectivity index (χ0) is 37.9. The molecule has 7 atom stereocenters. The van der Waals surface area contributed by atoms with Crippen molar-refractivity contribution in [2.75, 3.05) is 20.3 Å². The molecule has 0 saturated carbocycles. The number of esters is 1. The van der Waals surface area contributed by atoms with Crippen LogP contribution in [0.15, 0.2) is 23.8 Å². The summed E-state index contributed by atoms with van der Waals surface area (Å²) in [4.78, 5) is 39.0. The summed E-state index contributed by atoms with van der Waals surface area (Å²) in [6, 6.07) is 0. The maximum absolute atomic E-state index is 13.3. The summed E-state index contributed by atoms with van der Waals surface area (Å²) in [5, 5.41) is 34.7. The second-order valence-electron chi connectivity index (χ2n) is 15.2. The van der Waals surface area contributed by atoms with E-state index in [1.54, 1.807) is 7.11 Å². The van der Waals surface area contributed by atoms with E-state index in [9.17, 15) is 29.7 Å². The lowest BCUT2D eigenvalue weighted by Gasteiger charge is -2.23. The summed E-state index contributed by atoms with van der Waals surface area (Å²) in [7, 11) is 1.62. The van der Waals surface area contributed by atoms with Crippen LogP contribution in [0.3, 0.4) is 0 Å². The Morgan fingerprint density at radius 1 is 0.824 bits per heavy atom. The summed E-state index contributed by atoms with van der Waals surface area (Å²) in [6.07, 6.45) is 19.2. The molecule has 0 spiro atoms. The van der Waals surface area contributed by atoms with Crippen LogP contribution in [0, 0.1) is 17.8 Å². The summed E-state index contributed by atoms with van der Waals surface area (Å²) < 4.78 is 11.2. The molecule has 0 aromatic heterocycles. The first-order valence-electron chi connectivity index (χ1n) is 20.4. The zero-order valence-corrected chi connectivity index (χ0v) is 32.9. The number of hydrogen-bond acceptors (Lipinski definition) is 8. The minimum Gasteiger partial charge on any atom is -0.452 e. The first-order chi connectivity index (χ1) is 24.5. The lowest BCUT2D eigenvalue weighted by Crippen LogP contribution is -2.43. The number of aliphatic hydroxyl groups is 3. The van der Waals surface area contributed by atoms with Crippen LogP contribution in [0.5, 0.6) is 0 Å². The van der Waals surface area contributed by atoms with Crippen molar-refractivity contribution >= 4 is 17.7 Å². The predicted molar refractivity (Wildman–Crippen MR) is 205 cm³/mol. The number of hydrogen-bond donors (Lipinski definition) is 4. The number of rotatable bonds is 12. The highest BCUT2D eigenvalue weighted by molar-refractivity contribution is 5.84. The number of carbonyl (C=O) groups excluding carboxylic acids is 3. The van der Waals surface area contributed by atoms with Crippen molar-refractivity contribution in [1.29, 1.82) is 0 Å². The predicted octanol–water partition coefficient (Wildman–Crippen LogP) is 7.93. The van der Waals surface area contributed by atoms with Crippen LogP contribution in [0.25, 0.3) is 0 Å². The molecule has 1 aliphatic heterocycles. The van der Waals surface area contributed by atoms with Crippen molar-refractivity contribution in [2.24, 2.45) is 17.8 Å². The summed E-state index contributed by atoms with van der Waals surface area (Å²) in [5.74, 6) is -0.263. The van der Waals surface area contributed by atoms with E-state index in [1.165, 1.54) is 25.7 Å². The van der Waals surface area contributed by atoms with Crippen molar-refractivity contribution in [3.05, 3.63) is 23.8 Å². The van der Waals surface area contributed by atoms with E-state index in [-0.39, 0.29) is 31.2 Å². The first-order valence-corrected chi connectivity index (χ1v) is 20.4. The number of ether oxygens (including phenoxy) is 2. The Kier molecular flexibility index (Phi) is 27.1. The minimum atomic E-state index is -1.18. The molecule has 0 bridgehead atoms. The van der Waals surface area contributed by atoms with Gasteiger partial charge < -0.3 is 30.1 Å². The number of Topliss-reactive ketones (excluding diaryl/α,β-unsaturated/α-hetero) is 1. The number of allylic oxidation sites excluding steroid dienone is 3. The molecule has 0 radical (unpaired) electrons. The molecule has 0 unspecified atom stereocenters. The number of amides is 1. The van der Waals surface area contributed by atoms with Crippen LogP contribution in [0.1, 0.15) is 163 Å². The molecule has 1 rings (SSSR count). The van der Waals surface area contributed by atoms with Gasteiger partial charge in [-0.05, 0) is 75.2 Å². The number of aliphatic hydroxyl groups excluding tert-OH is 3. The largest absolute Gasteiger partial charge is 0.452 e. The SMILES string of the molecule is CCCCCCCCCC[C@H]1OC(=O)[C@@H](C)C[C@H](C)CCCCC(=O)CCC[C@@H](CC)/C=C/C=C(\COC)CC[C@@H](O)[C@@H](O)C[C@H](O)CNC1=O. The average molecular weight is 722 g/mol. The fraction of sp³-hybridized carbons (Fsp3) is 0.833. The average Bonchev–Trinajstić information content (AvgIpc) is 3.10. The van der Waals surface area contributed by atoms with Gasteiger partial charge >= 0.3 is 5.97 Å². The van der Waals surface area contributed by atoms with Crippen molar-refractivity contribution in [3.63, 3.8) is 0 Å². The molecule has 9 nitrogen and oxygen atoms in total. The van der Waals surface area contributed by atoms with E-state index in [1.807, 2.05) is 19.1 Å². The molecule has 0 aliphatic carbocycles. The third kappa shape index (κ3) is 23.3. The third-order valence-electron chi connectivity index (χ3n) is 10.3. The number of carbonyl (C=O) groups is 3. The molecule has 51 heavy (non-hydrogen) atoms. The lowest BCUT2D eigenvalue weighted by atomic mass is 9.92.